The van der Waals surface area contributed by atoms with Crippen LogP contribution in [0.1, 0.15) is 5.56 Å². The first kappa shape index (κ1) is 13.3. The van der Waals surface area contributed by atoms with Gasteiger partial charge in [-0.1, -0.05) is 23.7 Å². The fourth-order valence-corrected chi connectivity index (χ4v) is 3.12. The first-order chi connectivity index (χ1) is 8.70. The van der Waals surface area contributed by atoms with Gasteiger partial charge in [0.1, 0.15) is 6.04 Å². The molecule has 1 aliphatic heterocycles. The molecule has 0 aliphatic carbocycles. The molecule has 1 amide bonds. The summed E-state index contributed by atoms with van der Waals surface area (Å²) in [7, 11) is 0. The third kappa shape index (κ3) is 3.18. The molecule has 1 saturated heterocycles. The highest BCUT2D eigenvalue weighted by Gasteiger charge is 2.26. The van der Waals surface area contributed by atoms with Gasteiger partial charge in [0.25, 0.3) is 0 Å². The van der Waals surface area contributed by atoms with Gasteiger partial charge in [-0.3, -0.25) is 4.79 Å². The number of nitriles is 1. The summed E-state index contributed by atoms with van der Waals surface area (Å²) in [4.78, 5) is 13.8. The zero-order valence-corrected chi connectivity index (χ0v) is 11.4. The molecule has 1 fully saturated rings. The number of halogens is 1. The maximum atomic E-state index is 12.2. The Labute approximate surface area is 116 Å². The van der Waals surface area contributed by atoms with Crippen LogP contribution in [0.15, 0.2) is 24.3 Å². The molecule has 1 aliphatic rings. The van der Waals surface area contributed by atoms with Gasteiger partial charge >= 0.3 is 0 Å². The molecule has 0 radical (unpaired) electrons. The lowest BCUT2D eigenvalue weighted by molar-refractivity contribution is -0.131. The Balaban J connectivity index is 2.05. The van der Waals surface area contributed by atoms with E-state index in [0.29, 0.717) is 23.7 Å². The number of benzene rings is 1. The van der Waals surface area contributed by atoms with Gasteiger partial charge < -0.3 is 4.90 Å². The van der Waals surface area contributed by atoms with Crippen molar-refractivity contribution in [3.63, 3.8) is 0 Å². The number of hydrogen-bond donors (Lipinski definition) is 0. The fraction of sp³-hybridized carbons (Fsp3) is 0.385. The molecule has 1 aromatic rings. The zero-order chi connectivity index (χ0) is 13.0. The summed E-state index contributed by atoms with van der Waals surface area (Å²) in [5.41, 5.74) is 0.891. The molecular weight excluding hydrogens is 268 g/mol. The lowest BCUT2D eigenvalue weighted by atomic mass is 10.1. The maximum absolute atomic E-state index is 12.2. The van der Waals surface area contributed by atoms with Crippen molar-refractivity contribution in [3.05, 3.63) is 34.9 Å². The van der Waals surface area contributed by atoms with E-state index in [4.69, 9.17) is 16.9 Å². The molecule has 5 heteroatoms. The average molecular weight is 281 g/mol. The van der Waals surface area contributed by atoms with Crippen molar-refractivity contribution in [1.29, 1.82) is 5.26 Å². The summed E-state index contributed by atoms with van der Waals surface area (Å²) in [5, 5.41) is 9.67. The molecule has 18 heavy (non-hydrogen) atoms. The van der Waals surface area contributed by atoms with Gasteiger partial charge in [0.2, 0.25) is 5.91 Å². The Bertz CT molecular complexity index is 486. The van der Waals surface area contributed by atoms with Gasteiger partial charge in [-0.2, -0.15) is 17.0 Å². The van der Waals surface area contributed by atoms with Crippen LogP contribution in [-0.4, -0.2) is 34.9 Å². The van der Waals surface area contributed by atoms with Gasteiger partial charge in [-0.15, -0.1) is 0 Å². The van der Waals surface area contributed by atoms with Crippen LogP contribution in [0.25, 0.3) is 0 Å². The van der Waals surface area contributed by atoms with E-state index in [9.17, 15) is 4.79 Å². The van der Waals surface area contributed by atoms with Crippen molar-refractivity contribution in [2.45, 2.75) is 12.5 Å². The van der Waals surface area contributed by atoms with Crippen LogP contribution in [0.5, 0.6) is 0 Å². The Morgan fingerprint density at radius 3 is 3.17 bits per heavy atom. The first-order valence-corrected chi connectivity index (χ1v) is 7.25. The van der Waals surface area contributed by atoms with Crippen molar-refractivity contribution >= 4 is 29.3 Å². The van der Waals surface area contributed by atoms with E-state index in [1.165, 1.54) is 0 Å². The molecule has 1 atom stereocenters. The molecule has 0 spiro atoms. The normalized spacial score (nSPS) is 19.3. The lowest BCUT2D eigenvalue weighted by Crippen LogP contribution is -2.46. The number of rotatable bonds is 2. The SMILES string of the molecule is N#CC1CSCCN1C(=O)Cc1cccc(Cl)c1. The van der Waals surface area contributed by atoms with Crippen LogP contribution >= 0.6 is 23.4 Å². The smallest absolute Gasteiger partial charge is 0.228 e. The average Bonchev–Trinajstić information content (AvgIpc) is 2.38. The topological polar surface area (TPSA) is 44.1 Å². The minimum atomic E-state index is -0.296. The molecule has 0 saturated carbocycles. The minimum absolute atomic E-state index is 0.00381. The highest BCUT2D eigenvalue weighted by atomic mass is 35.5. The van der Waals surface area contributed by atoms with Crippen LogP contribution in [-0.2, 0) is 11.2 Å². The Morgan fingerprint density at radius 1 is 1.61 bits per heavy atom. The van der Waals surface area contributed by atoms with E-state index in [0.717, 1.165) is 11.3 Å². The summed E-state index contributed by atoms with van der Waals surface area (Å²) in [6.45, 7) is 0.655. The van der Waals surface area contributed by atoms with Gasteiger partial charge in [0.15, 0.2) is 0 Å². The highest BCUT2D eigenvalue weighted by molar-refractivity contribution is 7.99. The number of carbonyl (C=O) groups is 1. The summed E-state index contributed by atoms with van der Waals surface area (Å²) in [6, 6.07) is 9.18. The number of hydrogen-bond acceptors (Lipinski definition) is 3. The van der Waals surface area contributed by atoms with E-state index in [-0.39, 0.29) is 11.9 Å². The Hall–Kier alpha value is -1.18. The Morgan fingerprint density at radius 2 is 2.44 bits per heavy atom. The molecular formula is C13H13ClN2OS. The van der Waals surface area contributed by atoms with Crippen molar-refractivity contribution in [1.82, 2.24) is 4.90 Å². The van der Waals surface area contributed by atoms with Crippen LogP contribution < -0.4 is 0 Å². The van der Waals surface area contributed by atoms with Gasteiger partial charge in [0, 0.05) is 23.1 Å². The first-order valence-electron chi connectivity index (χ1n) is 5.72. The molecule has 94 valence electrons. The third-order valence-electron chi connectivity index (χ3n) is 2.84. The second-order valence-electron chi connectivity index (χ2n) is 4.11. The second-order valence-corrected chi connectivity index (χ2v) is 5.70. The molecule has 0 bridgehead atoms. The van der Waals surface area contributed by atoms with Crippen LogP contribution in [0, 0.1) is 11.3 Å². The standard InChI is InChI=1S/C13H13ClN2OS/c14-11-3-1-2-10(6-11)7-13(17)16-4-5-18-9-12(16)8-15/h1-3,6,12H,4-5,7,9H2. The molecule has 0 aromatic heterocycles. The molecule has 1 unspecified atom stereocenters. The van der Waals surface area contributed by atoms with E-state index in [1.54, 1.807) is 28.8 Å². The quantitative estimate of drug-likeness (QED) is 0.835. The molecule has 3 nitrogen and oxygen atoms in total. The predicted molar refractivity (Wildman–Crippen MR) is 73.6 cm³/mol. The summed E-state index contributed by atoms with van der Waals surface area (Å²) in [6.07, 6.45) is 0.309. The second kappa shape index (κ2) is 6.12. The summed E-state index contributed by atoms with van der Waals surface area (Å²) < 4.78 is 0. The van der Waals surface area contributed by atoms with Gasteiger partial charge in [0.05, 0.1) is 12.5 Å². The van der Waals surface area contributed by atoms with Crippen LogP contribution in [0.2, 0.25) is 5.02 Å². The predicted octanol–water partition coefficient (Wildman–Crippen LogP) is 2.35. The van der Waals surface area contributed by atoms with E-state index in [2.05, 4.69) is 6.07 Å². The number of carbonyl (C=O) groups excluding carboxylic acids is 1. The van der Waals surface area contributed by atoms with Crippen molar-refractivity contribution in [2.24, 2.45) is 0 Å². The molecule has 0 N–H and O–H groups in total. The van der Waals surface area contributed by atoms with Crippen LogP contribution in [0.3, 0.4) is 0 Å². The van der Waals surface area contributed by atoms with Crippen molar-refractivity contribution < 1.29 is 4.79 Å². The molecule has 1 heterocycles. The maximum Gasteiger partial charge on any atom is 0.228 e. The van der Waals surface area contributed by atoms with E-state index in [1.807, 2.05) is 12.1 Å². The summed E-state index contributed by atoms with van der Waals surface area (Å²) in [5.74, 6) is 1.61. The monoisotopic (exact) mass is 280 g/mol. The number of amides is 1. The van der Waals surface area contributed by atoms with E-state index < -0.39 is 0 Å². The van der Waals surface area contributed by atoms with Crippen LogP contribution in [0.4, 0.5) is 0 Å². The van der Waals surface area contributed by atoms with Gasteiger partial charge in [-0.25, -0.2) is 0 Å². The highest BCUT2D eigenvalue weighted by Crippen LogP contribution is 2.18. The van der Waals surface area contributed by atoms with Gasteiger partial charge in [-0.05, 0) is 17.7 Å². The van der Waals surface area contributed by atoms with Crippen molar-refractivity contribution in [2.75, 3.05) is 18.1 Å². The Kier molecular flexibility index (Phi) is 4.51. The van der Waals surface area contributed by atoms with E-state index >= 15 is 0 Å². The number of nitrogens with zero attached hydrogens (tertiary/aromatic N) is 2. The van der Waals surface area contributed by atoms with Crippen molar-refractivity contribution in [3.8, 4) is 6.07 Å². The lowest BCUT2D eigenvalue weighted by Gasteiger charge is -2.31. The fourth-order valence-electron chi connectivity index (χ4n) is 1.93. The minimum Gasteiger partial charge on any atom is -0.325 e. The summed E-state index contributed by atoms with van der Waals surface area (Å²) >= 11 is 7.61. The zero-order valence-electron chi connectivity index (χ0n) is 9.80. The third-order valence-corrected chi connectivity index (χ3v) is 4.10. The number of thioether (sulfide) groups is 1. The largest absolute Gasteiger partial charge is 0.325 e. The molecule has 1 aromatic carbocycles. The molecule has 2 rings (SSSR count).